The fraction of sp³-hybridized carbons (Fsp3) is 0.391. The van der Waals surface area contributed by atoms with E-state index in [1.807, 2.05) is 0 Å². The van der Waals surface area contributed by atoms with E-state index in [2.05, 4.69) is 10.6 Å². The van der Waals surface area contributed by atoms with Crippen LogP contribution in [0.5, 0.6) is 0 Å². The van der Waals surface area contributed by atoms with E-state index in [1.165, 1.54) is 54.8 Å². The van der Waals surface area contributed by atoms with Gasteiger partial charge >= 0.3 is 6.03 Å². The van der Waals surface area contributed by atoms with Gasteiger partial charge in [0.05, 0.1) is 0 Å². The quantitative estimate of drug-likeness (QED) is 0.571. The lowest BCUT2D eigenvalue weighted by molar-refractivity contribution is -0.121. The van der Waals surface area contributed by atoms with Gasteiger partial charge in [-0.15, -0.1) is 0 Å². The number of nitrogens with zero attached hydrogens (tertiary/aromatic N) is 1. The molecular weight excluding hydrogens is 405 g/mol. The first-order valence-corrected chi connectivity index (χ1v) is 10.8. The van der Waals surface area contributed by atoms with E-state index in [0.29, 0.717) is 35.3 Å². The molecule has 1 aliphatic carbocycles. The Morgan fingerprint density at radius 3 is 2.53 bits per heavy atom. The van der Waals surface area contributed by atoms with E-state index in [-0.39, 0.29) is 24.3 Å². The molecule has 0 heterocycles. The SMILES string of the molecule is O=C(CCC1CCCC1)NCCN(C(=O)Nc1cccc(Cl)c1)c1ccc(F)cc1. The summed E-state index contributed by atoms with van der Waals surface area (Å²) in [5.41, 5.74) is 1.09. The highest BCUT2D eigenvalue weighted by Crippen LogP contribution is 2.28. The summed E-state index contributed by atoms with van der Waals surface area (Å²) in [6.45, 7) is 0.567. The van der Waals surface area contributed by atoms with Crippen LogP contribution < -0.4 is 15.5 Å². The molecule has 1 saturated carbocycles. The van der Waals surface area contributed by atoms with Crippen molar-refractivity contribution in [3.05, 3.63) is 59.4 Å². The highest BCUT2D eigenvalue weighted by molar-refractivity contribution is 6.30. The molecule has 30 heavy (non-hydrogen) atoms. The van der Waals surface area contributed by atoms with Crippen LogP contribution in [0.2, 0.25) is 5.02 Å². The zero-order valence-electron chi connectivity index (χ0n) is 16.9. The molecule has 0 bridgehead atoms. The molecular formula is C23H27ClFN3O2. The van der Waals surface area contributed by atoms with E-state index >= 15 is 0 Å². The smallest absolute Gasteiger partial charge is 0.326 e. The highest BCUT2D eigenvalue weighted by atomic mass is 35.5. The maximum absolute atomic E-state index is 13.3. The Kier molecular flexibility index (Phi) is 8.08. The van der Waals surface area contributed by atoms with E-state index in [4.69, 9.17) is 11.6 Å². The lowest BCUT2D eigenvalue weighted by Gasteiger charge is -2.23. The Balaban J connectivity index is 1.57. The van der Waals surface area contributed by atoms with E-state index in [0.717, 1.165) is 6.42 Å². The molecule has 0 radical (unpaired) electrons. The van der Waals surface area contributed by atoms with Crippen LogP contribution in [-0.2, 0) is 4.79 Å². The second kappa shape index (κ2) is 11.0. The van der Waals surface area contributed by atoms with Crippen LogP contribution in [0.25, 0.3) is 0 Å². The first-order valence-electron chi connectivity index (χ1n) is 10.4. The van der Waals surface area contributed by atoms with Crippen LogP contribution in [0.1, 0.15) is 38.5 Å². The fourth-order valence-corrected chi connectivity index (χ4v) is 3.95. The van der Waals surface area contributed by atoms with E-state index in [9.17, 15) is 14.0 Å². The summed E-state index contributed by atoms with van der Waals surface area (Å²) in [6, 6.07) is 12.1. The maximum atomic E-state index is 13.3. The lowest BCUT2D eigenvalue weighted by atomic mass is 10.0. The zero-order valence-corrected chi connectivity index (χ0v) is 17.6. The van der Waals surface area contributed by atoms with Gasteiger partial charge in [0.25, 0.3) is 0 Å². The molecule has 0 unspecified atom stereocenters. The van der Waals surface area contributed by atoms with Gasteiger partial charge in [-0.3, -0.25) is 9.69 Å². The van der Waals surface area contributed by atoms with Crippen molar-refractivity contribution in [2.45, 2.75) is 38.5 Å². The van der Waals surface area contributed by atoms with Crippen molar-refractivity contribution in [2.75, 3.05) is 23.3 Å². The number of urea groups is 1. The standard InChI is InChI=1S/C23H27ClFN3O2/c24-18-6-3-7-20(16-18)27-23(30)28(21-11-9-19(25)10-12-21)15-14-26-22(29)13-8-17-4-1-2-5-17/h3,6-7,9-12,16-17H,1-2,4-5,8,13-15H2,(H,26,29)(H,27,30). The van der Waals surface area contributed by atoms with Crippen LogP contribution in [0.3, 0.4) is 0 Å². The summed E-state index contributed by atoms with van der Waals surface area (Å²) < 4.78 is 13.3. The maximum Gasteiger partial charge on any atom is 0.326 e. The van der Waals surface area contributed by atoms with Gasteiger partial charge in [-0.1, -0.05) is 43.4 Å². The first-order chi connectivity index (χ1) is 14.5. The highest BCUT2D eigenvalue weighted by Gasteiger charge is 2.18. The van der Waals surface area contributed by atoms with Gasteiger partial charge in [0.2, 0.25) is 5.91 Å². The normalized spacial score (nSPS) is 13.8. The predicted molar refractivity (Wildman–Crippen MR) is 118 cm³/mol. The minimum atomic E-state index is -0.385. The largest absolute Gasteiger partial charge is 0.354 e. The number of amides is 3. The second-order valence-corrected chi connectivity index (χ2v) is 8.04. The van der Waals surface area contributed by atoms with Gasteiger partial charge in [-0.2, -0.15) is 0 Å². The third kappa shape index (κ3) is 6.73. The molecule has 0 spiro atoms. The second-order valence-electron chi connectivity index (χ2n) is 7.61. The van der Waals surface area contributed by atoms with Crippen molar-refractivity contribution < 1.29 is 14.0 Å². The number of anilines is 2. The molecule has 2 aromatic carbocycles. The molecule has 1 fully saturated rings. The molecule has 0 atom stereocenters. The van der Waals surface area contributed by atoms with Gasteiger partial charge in [0.1, 0.15) is 5.82 Å². The van der Waals surface area contributed by atoms with Crippen LogP contribution in [0, 0.1) is 11.7 Å². The topological polar surface area (TPSA) is 61.4 Å². The molecule has 7 heteroatoms. The summed E-state index contributed by atoms with van der Waals surface area (Å²) in [5.74, 6) is 0.278. The van der Waals surface area contributed by atoms with Gasteiger partial charge < -0.3 is 10.6 Å². The average molecular weight is 432 g/mol. The van der Waals surface area contributed by atoms with Crippen molar-refractivity contribution in [2.24, 2.45) is 5.92 Å². The third-order valence-electron chi connectivity index (χ3n) is 5.37. The summed E-state index contributed by atoms with van der Waals surface area (Å²) >= 11 is 5.98. The minimum absolute atomic E-state index is 0.00351. The number of carbonyl (C=O) groups is 2. The lowest BCUT2D eigenvalue weighted by Crippen LogP contribution is -2.41. The summed E-state index contributed by atoms with van der Waals surface area (Å²) in [6.07, 6.45) is 6.39. The number of nitrogens with one attached hydrogen (secondary N) is 2. The van der Waals surface area contributed by atoms with Gasteiger partial charge in [-0.25, -0.2) is 9.18 Å². The van der Waals surface area contributed by atoms with Crippen molar-refractivity contribution >= 4 is 34.9 Å². The number of carbonyl (C=O) groups excluding carboxylic acids is 2. The molecule has 0 saturated heterocycles. The first kappa shape index (κ1) is 22.1. The van der Waals surface area contributed by atoms with E-state index in [1.54, 1.807) is 24.3 Å². The van der Waals surface area contributed by atoms with Gasteiger partial charge in [0, 0.05) is 35.9 Å². The minimum Gasteiger partial charge on any atom is -0.354 e. The average Bonchev–Trinajstić information content (AvgIpc) is 3.24. The van der Waals surface area contributed by atoms with Crippen molar-refractivity contribution in [3.8, 4) is 0 Å². The molecule has 0 aromatic heterocycles. The number of benzene rings is 2. The monoisotopic (exact) mass is 431 g/mol. The predicted octanol–water partition coefficient (Wildman–Crippen LogP) is 5.60. The fourth-order valence-electron chi connectivity index (χ4n) is 3.76. The van der Waals surface area contributed by atoms with Crippen LogP contribution in [0.15, 0.2) is 48.5 Å². The molecule has 2 N–H and O–H groups in total. The van der Waals surface area contributed by atoms with Crippen molar-refractivity contribution in [1.29, 1.82) is 0 Å². The van der Waals surface area contributed by atoms with Gasteiger partial charge in [-0.05, 0) is 54.8 Å². The third-order valence-corrected chi connectivity index (χ3v) is 5.61. The summed E-state index contributed by atoms with van der Waals surface area (Å²) in [4.78, 5) is 26.5. The zero-order chi connectivity index (χ0) is 21.3. The van der Waals surface area contributed by atoms with E-state index < -0.39 is 0 Å². The number of rotatable bonds is 8. The Hall–Kier alpha value is -2.60. The van der Waals surface area contributed by atoms with Gasteiger partial charge in [0.15, 0.2) is 0 Å². The Morgan fingerprint density at radius 2 is 1.83 bits per heavy atom. The van der Waals surface area contributed by atoms with Crippen molar-refractivity contribution in [1.82, 2.24) is 5.32 Å². The summed E-state index contributed by atoms with van der Waals surface area (Å²) in [5, 5.41) is 6.19. The molecule has 1 aliphatic rings. The molecule has 5 nitrogen and oxygen atoms in total. The van der Waals surface area contributed by atoms with Crippen LogP contribution in [0.4, 0.5) is 20.6 Å². The number of hydrogen-bond donors (Lipinski definition) is 2. The van der Waals surface area contributed by atoms with Crippen LogP contribution >= 0.6 is 11.6 Å². The molecule has 3 amide bonds. The molecule has 160 valence electrons. The Morgan fingerprint density at radius 1 is 1.10 bits per heavy atom. The van der Waals surface area contributed by atoms with Crippen molar-refractivity contribution in [3.63, 3.8) is 0 Å². The molecule has 2 aromatic rings. The summed E-state index contributed by atoms with van der Waals surface area (Å²) in [7, 11) is 0. The van der Waals surface area contributed by atoms with Crippen LogP contribution in [-0.4, -0.2) is 25.0 Å². The number of hydrogen-bond acceptors (Lipinski definition) is 2. The molecule has 3 rings (SSSR count). The number of halogens is 2. The Bertz CT molecular complexity index is 854. The Labute approximate surface area is 181 Å². The molecule has 0 aliphatic heterocycles.